The maximum atomic E-state index is 13.8. The molecule has 0 aromatic heterocycles. The van der Waals surface area contributed by atoms with Crippen LogP contribution in [0.25, 0.3) is 0 Å². The first-order valence-corrected chi connectivity index (χ1v) is 8.25. The highest BCUT2D eigenvalue weighted by Crippen LogP contribution is 2.16. The van der Waals surface area contributed by atoms with Gasteiger partial charge in [-0.2, -0.15) is 0 Å². The van der Waals surface area contributed by atoms with Crippen LogP contribution in [-0.4, -0.2) is 47.8 Å². The molecule has 0 unspecified atom stereocenters. The van der Waals surface area contributed by atoms with Crippen LogP contribution >= 0.6 is 0 Å². The normalized spacial score (nSPS) is 14.9. The zero-order valence-electron chi connectivity index (χ0n) is 13.9. The molecule has 0 radical (unpaired) electrons. The average molecular weight is 362 g/mol. The van der Waals surface area contributed by atoms with E-state index in [9.17, 15) is 22.8 Å². The third-order valence-electron chi connectivity index (χ3n) is 4.33. The van der Waals surface area contributed by atoms with Gasteiger partial charge in [0.1, 0.15) is 17.5 Å². The summed E-state index contributed by atoms with van der Waals surface area (Å²) < 4.78 is 41.0. The highest BCUT2D eigenvalue weighted by molar-refractivity contribution is 5.95. The van der Waals surface area contributed by atoms with E-state index in [2.05, 4.69) is 0 Å². The summed E-state index contributed by atoms with van der Waals surface area (Å²) in [6, 6.07) is 8.43. The molecule has 1 aliphatic rings. The Morgan fingerprint density at radius 1 is 0.731 bits per heavy atom. The molecule has 2 amide bonds. The smallest absolute Gasteiger partial charge is 0.256 e. The lowest BCUT2D eigenvalue weighted by atomic mass is 10.1. The predicted octanol–water partition coefficient (Wildman–Crippen LogP) is 3.09. The molecule has 136 valence electrons. The molecule has 1 aliphatic heterocycles. The minimum atomic E-state index is -0.792. The molecule has 0 spiro atoms. The van der Waals surface area contributed by atoms with Crippen LogP contribution in [0.1, 0.15) is 27.1 Å². The fraction of sp³-hybridized carbons (Fsp3) is 0.263. The fourth-order valence-electron chi connectivity index (χ4n) is 2.96. The second-order valence-corrected chi connectivity index (χ2v) is 6.04. The van der Waals surface area contributed by atoms with E-state index < -0.39 is 29.3 Å². The number of hydrogen-bond donors (Lipinski definition) is 0. The molecular formula is C19H17F3N2O2. The van der Waals surface area contributed by atoms with E-state index in [0.29, 0.717) is 19.5 Å². The molecule has 1 heterocycles. The second kappa shape index (κ2) is 7.59. The topological polar surface area (TPSA) is 40.6 Å². The Morgan fingerprint density at radius 2 is 1.31 bits per heavy atom. The van der Waals surface area contributed by atoms with Gasteiger partial charge < -0.3 is 9.80 Å². The third-order valence-corrected chi connectivity index (χ3v) is 4.33. The summed E-state index contributed by atoms with van der Waals surface area (Å²) in [5.74, 6) is -3.16. The van der Waals surface area contributed by atoms with Gasteiger partial charge in [0.05, 0.1) is 11.1 Å². The molecule has 26 heavy (non-hydrogen) atoms. The van der Waals surface area contributed by atoms with Gasteiger partial charge >= 0.3 is 0 Å². The molecule has 2 aromatic rings. The summed E-state index contributed by atoms with van der Waals surface area (Å²) in [4.78, 5) is 27.8. The number of rotatable bonds is 2. The van der Waals surface area contributed by atoms with E-state index in [1.165, 1.54) is 28.0 Å². The number of hydrogen-bond acceptors (Lipinski definition) is 2. The van der Waals surface area contributed by atoms with E-state index in [1.54, 1.807) is 6.07 Å². The van der Waals surface area contributed by atoms with Gasteiger partial charge in [-0.3, -0.25) is 9.59 Å². The van der Waals surface area contributed by atoms with Crippen LogP contribution in [0, 0.1) is 17.5 Å². The predicted molar refractivity (Wildman–Crippen MR) is 89.2 cm³/mol. The van der Waals surface area contributed by atoms with E-state index in [-0.39, 0.29) is 24.2 Å². The zero-order chi connectivity index (χ0) is 18.7. The van der Waals surface area contributed by atoms with Crippen LogP contribution in [0.2, 0.25) is 0 Å². The van der Waals surface area contributed by atoms with E-state index in [1.807, 2.05) is 0 Å². The molecule has 3 rings (SSSR count). The first kappa shape index (κ1) is 18.0. The van der Waals surface area contributed by atoms with Crippen molar-refractivity contribution in [1.82, 2.24) is 9.80 Å². The molecule has 2 aromatic carbocycles. The van der Waals surface area contributed by atoms with E-state index in [0.717, 1.165) is 18.2 Å². The maximum absolute atomic E-state index is 13.8. The molecule has 0 N–H and O–H groups in total. The first-order valence-electron chi connectivity index (χ1n) is 8.25. The first-order chi connectivity index (χ1) is 12.5. The Morgan fingerprint density at radius 3 is 1.96 bits per heavy atom. The van der Waals surface area contributed by atoms with Crippen molar-refractivity contribution in [1.29, 1.82) is 0 Å². The highest BCUT2D eigenvalue weighted by atomic mass is 19.1. The Kier molecular flexibility index (Phi) is 5.25. The lowest BCUT2D eigenvalue weighted by Gasteiger charge is -2.22. The summed E-state index contributed by atoms with van der Waals surface area (Å²) >= 11 is 0. The van der Waals surface area contributed by atoms with Crippen LogP contribution in [0.5, 0.6) is 0 Å². The van der Waals surface area contributed by atoms with Crippen LogP contribution in [0.3, 0.4) is 0 Å². The molecule has 0 atom stereocenters. The molecular weight excluding hydrogens is 345 g/mol. The zero-order valence-corrected chi connectivity index (χ0v) is 13.9. The number of benzene rings is 2. The molecule has 4 nitrogen and oxygen atoms in total. The average Bonchev–Trinajstić information content (AvgIpc) is 2.89. The Hall–Kier alpha value is -2.83. The van der Waals surface area contributed by atoms with Crippen LogP contribution < -0.4 is 0 Å². The van der Waals surface area contributed by atoms with Gasteiger partial charge in [-0.15, -0.1) is 0 Å². The van der Waals surface area contributed by atoms with Crippen molar-refractivity contribution in [3.63, 3.8) is 0 Å². The summed E-state index contributed by atoms with van der Waals surface area (Å²) in [7, 11) is 0. The largest absolute Gasteiger partial charge is 0.337 e. The van der Waals surface area contributed by atoms with Gasteiger partial charge in [-0.1, -0.05) is 12.1 Å². The Bertz CT molecular complexity index is 841. The molecule has 1 saturated heterocycles. The van der Waals surface area contributed by atoms with E-state index >= 15 is 0 Å². The van der Waals surface area contributed by atoms with Crippen molar-refractivity contribution in [2.45, 2.75) is 6.42 Å². The minimum absolute atomic E-state index is 0.0246. The Labute approximate surface area is 148 Å². The number of carbonyl (C=O) groups excluding carboxylic acids is 2. The lowest BCUT2D eigenvalue weighted by Crippen LogP contribution is -2.37. The van der Waals surface area contributed by atoms with Gasteiger partial charge in [0.2, 0.25) is 0 Å². The summed E-state index contributed by atoms with van der Waals surface area (Å²) in [5.41, 5.74) is -0.359. The van der Waals surface area contributed by atoms with Crippen molar-refractivity contribution >= 4 is 11.8 Å². The summed E-state index contributed by atoms with van der Waals surface area (Å²) in [5, 5.41) is 0. The molecule has 0 saturated carbocycles. The van der Waals surface area contributed by atoms with Crippen molar-refractivity contribution < 1.29 is 22.8 Å². The van der Waals surface area contributed by atoms with Gasteiger partial charge in [0, 0.05) is 26.2 Å². The van der Waals surface area contributed by atoms with Crippen molar-refractivity contribution in [2.75, 3.05) is 26.2 Å². The standard InChI is InChI=1S/C19H17F3N2O2/c20-13-6-7-17(22)15(12-13)19(26)24-9-3-8-23(10-11-24)18(25)14-4-1-2-5-16(14)21/h1-2,4-7,12H,3,8-11H2. The molecule has 0 bridgehead atoms. The summed E-state index contributed by atoms with van der Waals surface area (Å²) in [6.07, 6.45) is 0.461. The van der Waals surface area contributed by atoms with Crippen molar-refractivity contribution in [3.8, 4) is 0 Å². The molecule has 1 fully saturated rings. The SMILES string of the molecule is O=C(c1ccccc1F)N1CCCN(C(=O)c2cc(F)ccc2F)CC1. The highest BCUT2D eigenvalue weighted by Gasteiger charge is 2.26. The monoisotopic (exact) mass is 362 g/mol. The number of nitrogens with zero attached hydrogens (tertiary/aromatic N) is 2. The van der Waals surface area contributed by atoms with Gasteiger partial charge in [0.15, 0.2) is 0 Å². The number of carbonyl (C=O) groups is 2. The van der Waals surface area contributed by atoms with Crippen LogP contribution in [0.4, 0.5) is 13.2 Å². The van der Waals surface area contributed by atoms with Crippen LogP contribution in [-0.2, 0) is 0 Å². The quantitative estimate of drug-likeness (QED) is 0.824. The number of amides is 2. The second-order valence-electron chi connectivity index (χ2n) is 6.04. The minimum Gasteiger partial charge on any atom is -0.337 e. The van der Waals surface area contributed by atoms with Gasteiger partial charge in [-0.25, -0.2) is 13.2 Å². The van der Waals surface area contributed by atoms with Gasteiger partial charge in [0.25, 0.3) is 11.8 Å². The lowest BCUT2D eigenvalue weighted by molar-refractivity contribution is 0.0713. The van der Waals surface area contributed by atoms with E-state index in [4.69, 9.17) is 0 Å². The summed E-state index contributed by atoms with van der Waals surface area (Å²) in [6.45, 7) is 1.00. The van der Waals surface area contributed by atoms with Crippen LogP contribution in [0.15, 0.2) is 42.5 Å². The maximum Gasteiger partial charge on any atom is 0.256 e. The molecule has 7 heteroatoms. The fourth-order valence-corrected chi connectivity index (χ4v) is 2.96. The third kappa shape index (κ3) is 3.71. The number of halogens is 3. The van der Waals surface area contributed by atoms with Crippen molar-refractivity contribution in [2.24, 2.45) is 0 Å². The molecule has 0 aliphatic carbocycles. The van der Waals surface area contributed by atoms with Crippen molar-refractivity contribution in [3.05, 3.63) is 71.0 Å². The van der Waals surface area contributed by atoms with Gasteiger partial charge in [-0.05, 0) is 36.8 Å². The Balaban J connectivity index is 1.72.